The Kier molecular flexibility index (Phi) is 1.26. The molecule has 1 nitrogen and oxygen atoms in total. The first-order valence-corrected chi connectivity index (χ1v) is 4.47. The summed E-state index contributed by atoms with van der Waals surface area (Å²) in [6.45, 7) is 8.78. The Morgan fingerprint density at radius 3 is 2.45 bits per heavy atom. The van der Waals surface area contributed by atoms with Gasteiger partial charge in [-0.3, -0.25) is 0 Å². The lowest BCUT2D eigenvalue weighted by molar-refractivity contribution is -0.0336. The second kappa shape index (κ2) is 1.89. The summed E-state index contributed by atoms with van der Waals surface area (Å²) in [5.74, 6) is 1.59. The van der Waals surface area contributed by atoms with Crippen molar-refractivity contribution in [3.8, 4) is 0 Å². The maximum atomic E-state index is 5.92. The minimum atomic E-state index is 0.298. The molecule has 0 radical (unpaired) electrons. The van der Waals surface area contributed by atoms with Crippen molar-refractivity contribution in [3.63, 3.8) is 0 Å². The van der Waals surface area contributed by atoms with E-state index in [0.717, 1.165) is 11.8 Å². The number of hydrogen-bond acceptors (Lipinski definition) is 1. The van der Waals surface area contributed by atoms with Crippen molar-refractivity contribution in [1.29, 1.82) is 0 Å². The van der Waals surface area contributed by atoms with E-state index >= 15 is 0 Å². The quantitative estimate of drug-likeness (QED) is 0.526. The molecule has 0 heterocycles. The van der Waals surface area contributed by atoms with Crippen LogP contribution in [0.4, 0.5) is 0 Å². The van der Waals surface area contributed by atoms with Crippen LogP contribution in [-0.2, 0) is 0 Å². The molecule has 0 amide bonds. The van der Waals surface area contributed by atoms with Gasteiger partial charge < -0.3 is 5.73 Å². The third kappa shape index (κ3) is 0.750. The summed E-state index contributed by atoms with van der Waals surface area (Å²) in [7, 11) is 0. The normalized spacial score (nSPS) is 46.8. The molecule has 3 rings (SSSR count). The molecule has 2 bridgehead atoms. The molecule has 0 aromatic rings. The fourth-order valence-corrected chi connectivity index (χ4v) is 2.76. The molecule has 0 unspecified atom stereocenters. The Hall–Kier alpha value is -0.300. The van der Waals surface area contributed by atoms with Crippen LogP contribution in [0.15, 0.2) is 12.2 Å². The van der Waals surface area contributed by atoms with Gasteiger partial charge in [0.15, 0.2) is 0 Å². The SMILES string of the molecule is C=C1[C@H](N)C[C@@H]2C[C@@H]1C2(C)C. The summed E-state index contributed by atoms with van der Waals surface area (Å²) in [6, 6.07) is 0.298. The molecule has 0 aliphatic heterocycles. The van der Waals surface area contributed by atoms with Crippen molar-refractivity contribution in [2.75, 3.05) is 0 Å². The molecule has 0 saturated heterocycles. The van der Waals surface area contributed by atoms with Gasteiger partial charge in [0.05, 0.1) is 0 Å². The first kappa shape index (κ1) is 7.35. The molecule has 3 saturated carbocycles. The fourth-order valence-electron chi connectivity index (χ4n) is 2.76. The van der Waals surface area contributed by atoms with Crippen LogP contribution in [0.2, 0.25) is 0 Å². The molecule has 11 heavy (non-hydrogen) atoms. The van der Waals surface area contributed by atoms with Crippen LogP contribution >= 0.6 is 0 Å². The van der Waals surface area contributed by atoms with Crippen molar-refractivity contribution in [1.82, 2.24) is 0 Å². The number of rotatable bonds is 0. The Balaban J connectivity index is 2.23. The monoisotopic (exact) mass is 151 g/mol. The predicted molar refractivity (Wildman–Crippen MR) is 47.1 cm³/mol. The minimum absolute atomic E-state index is 0.298. The van der Waals surface area contributed by atoms with Gasteiger partial charge in [0, 0.05) is 6.04 Å². The van der Waals surface area contributed by atoms with Crippen LogP contribution in [0.1, 0.15) is 26.7 Å². The molecule has 3 aliphatic carbocycles. The topological polar surface area (TPSA) is 26.0 Å². The van der Waals surface area contributed by atoms with Crippen LogP contribution in [0, 0.1) is 17.3 Å². The van der Waals surface area contributed by atoms with E-state index in [2.05, 4.69) is 20.4 Å². The summed E-state index contributed by atoms with van der Waals surface area (Å²) < 4.78 is 0. The van der Waals surface area contributed by atoms with Gasteiger partial charge in [0.2, 0.25) is 0 Å². The summed E-state index contributed by atoms with van der Waals surface area (Å²) in [6.07, 6.45) is 2.52. The lowest BCUT2D eigenvalue weighted by Crippen LogP contribution is -2.55. The van der Waals surface area contributed by atoms with Crippen LogP contribution < -0.4 is 5.73 Å². The maximum Gasteiger partial charge on any atom is 0.0256 e. The fraction of sp³-hybridized carbons (Fsp3) is 0.800. The van der Waals surface area contributed by atoms with Crippen molar-refractivity contribution in [2.45, 2.75) is 32.7 Å². The minimum Gasteiger partial charge on any atom is -0.324 e. The molecular weight excluding hydrogens is 134 g/mol. The molecular formula is C10H17N. The maximum absolute atomic E-state index is 5.92. The molecule has 0 aromatic heterocycles. The van der Waals surface area contributed by atoms with Crippen molar-refractivity contribution < 1.29 is 0 Å². The van der Waals surface area contributed by atoms with E-state index < -0.39 is 0 Å². The van der Waals surface area contributed by atoms with E-state index in [1.807, 2.05) is 0 Å². The molecule has 62 valence electrons. The van der Waals surface area contributed by atoms with Gasteiger partial charge in [-0.1, -0.05) is 26.0 Å². The predicted octanol–water partition coefficient (Wildman–Crippen LogP) is 1.94. The van der Waals surface area contributed by atoms with Gasteiger partial charge in [-0.05, 0) is 30.1 Å². The lowest BCUT2D eigenvalue weighted by atomic mass is 9.46. The van der Waals surface area contributed by atoms with E-state index in [9.17, 15) is 0 Å². The zero-order valence-electron chi connectivity index (χ0n) is 7.43. The second-order valence-corrected chi connectivity index (χ2v) is 4.72. The Labute approximate surface area is 68.7 Å². The summed E-state index contributed by atoms with van der Waals surface area (Å²) in [5.41, 5.74) is 7.73. The van der Waals surface area contributed by atoms with Gasteiger partial charge >= 0.3 is 0 Å². The van der Waals surface area contributed by atoms with Crippen molar-refractivity contribution in [2.24, 2.45) is 23.0 Å². The zero-order chi connectivity index (χ0) is 8.22. The molecule has 1 heteroatoms. The van der Waals surface area contributed by atoms with Crippen molar-refractivity contribution in [3.05, 3.63) is 12.2 Å². The van der Waals surface area contributed by atoms with Crippen LogP contribution in [0.25, 0.3) is 0 Å². The molecule has 0 aromatic carbocycles. The third-order valence-corrected chi connectivity index (χ3v) is 3.93. The standard InChI is InChI=1S/C10H17N/c1-6-8-4-7(5-9(6)11)10(8,2)3/h7-9H,1,4-5,11H2,2-3H3/t7-,8-,9+/m0/s1. The number of fused-ring (bicyclic) bond motifs is 2. The largest absolute Gasteiger partial charge is 0.324 e. The summed E-state index contributed by atoms with van der Waals surface area (Å²) >= 11 is 0. The van der Waals surface area contributed by atoms with Crippen molar-refractivity contribution >= 4 is 0 Å². The Morgan fingerprint density at radius 1 is 1.45 bits per heavy atom. The zero-order valence-corrected chi connectivity index (χ0v) is 7.43. The van der Waals surface area contributed by atoms with Crippen LogP contribution in [-0.4, -0.2) is 6.04 Å². The van der Waals surface area contributed by atoms with E-state index in [-0.39, 0.29) is 0 Å². The highest BCUT2D eigenvalue weighted by molar-refractivity contribution is 5.24. The lowest BCUT2D eigenvalue weighted by Gasteiger charge is -2.59. The van der Waals surface area contributed by atoms with E-state index in [4.69, 9.17) is 5.73 Å². The first-order valence-electron chi connectivity index (χ1n) is 4.47. The van der Waals surface area contributed by atoms with E-state index in [1.165, 1.54) is 18.4 Å². The molecule has 2 N–H and O–H groups in total. The second-order valence-electron chi connectivity index (χ2n) is 4.72. The molecule has 3 atom stereocenters. The average Bonchev–Trinajstić information content (AvgIpc) is 1.93. The molecule has 3 fully saturated rings. The van der Waals surface area contributed by atoms with Crippen LogP contribution in [0.3, 0.4) is 0 Å². The average molecular weight is 151 g/mol. The summed E-state index contributed by atoms with van der Waals surface area (Å²) in [4.78, 5) is 0. The van der Waals surface area contributed by atoms with Gasteiger partial charge in [-0.25, -0.2) is 0 Å². The van der Waals surface area contributed by atoms with Gasteiger partial charge in [0.1, 0.15) is 0 Å². The highest BCUT2D eigenvalue weighted by Gasteiger charge is 2.53. The van der Waals surface area contributed by atoms with E-state index in [1.54, 1.807) is 0 Å². The number of hydrogen-bond donors (Lipinski definition) is 1. The Bertz CT molecular complexity index is 205. The first-order chi connectivity index (χ1) is 5.03. The smallest absolute Gasteiger partial charge is 0.0256 e. The highest BCUT2D eigenvalue weighted by Crippen LogP contribution is 2.60. The van der Waals surface area contributed by atoms with E-state index in [0.29, 0.717) is 11.5 Å². The highest BCUT2D eigenvalue weighted by atomic mass is 14.7. The van der Waals surface area contributed by atoms with Gasteiger partial charge in [-0.15, -0.1) is 0 Å². The Morgan fingerprint density at radius 2 is 2.09 bits per heavy atom. The number of nitrogens with two attached hydrogens (primary N) is 1. The molecule has 3 aliphatic rings. The molecule has 0 spiro atoms. The third-order valence-electron chi connectivity index (χ3n) is 3.93. The van der Waals surface area contributed by atoms with Gasteiger partial charge in [-0.2, -0.15) is 0 Å². The van der Waals surface area contributed by atoms with Crippen LogP contribution in [0.5, 0.6) is 0 Å². The summed E-state index contributed by atoms with van der Waals surface area (Å²) in [5, 5.41) is 0. The van der Waals surface area contributed by atoms with Gasteiger partial charge in [0.25, 0.3) is 0 Å².